The van der Waals surface area contributed by atoms with Crippen LogP contribution in [0.15, 0.2) is 48.5 Å². The van der Waals surface area contributed by atoms with Crippen LogP contribution in [0.2, 0.25) is 0 Å². The lowest BCUT2D eigenvalue weighted by molar-refractivity contribution is -0.151. The Balaban J connectivity index is 1.69. The first-order valence-corrected chi connectivity index (χ1v) is 9.89. The molecule has 0 spiro atoms. The van der Waals surface area contributed by atoms with Crippen LogP contribution in [-0.4, -0.2) is 48.3 Å². The Bertz CT molecular complexity index is 982. The highest BCUT2D eigenvalue weighted by Gasteiger charge is 2.43. The van der Waals surface area contributed by atoms with E-state index in [1.807, 2.05) is 13.8 Å². The van der Waals surface area contributed by atoms with Crippen molar-refractivity contribution in [3.8, 4) is 5.75 Å². The molecule has 1 aliphatic rings. The van der Waals surface area contributed by atoms with Crippen molar-refractivity contribution in [2.45, 2.75) is 26.3 Å². The number of anilines is 1. The number of hydrogen-bond acceptors (Lipinski definition) is 6. The minimum absolute atomic E-state index is 0.00692. The van der Waals surface area contributed by atoms with E-state index in [1.54, 1.807) is 48.5 Å². The molecule has 0 saturated heterocycles. The molecule has 3 rings (SSSR count). The smallest absolute Gasteiger partial charge is 0.329 e. The number of fused-ring (bicyclic) bond motifs is 1. The fourth-order valence-electron chi connectivity index (χ4n) is 3.38. The third kappa shape index (κ3) is 4.91. The maximum absolute atomic E-state index is 12.8. The second-order valence-electron chi connectivity index (χ2n) is 7.56. The van der Waals surface area contributed by atoms with Crippen molar-refractivity contribution >= 4 is 29.4 Å². The predicted molar refractivity (Wildman–Crippen MR) is 113 cm³/mol. The lowest BCUT2D eigenvalue weighted by atomic mass is 10.0. The average Bonchev–Trinajstić information content (AvgIpc) is 3.01. The number of methoxy groups -OCH3 is 1. The molecule has 162 valence electrons. The molecule has 8 heteroatoms. The van der Waals surface area contributed by atoms with E-state index >= 15 is 0 Å². The fourth-order valence-corrected chi connectivity index (χ4v) is 3.38. The first-order chi connectivity index (χ1) is 14.8. The Morgan fingerprint density at radius 3 is 2.23 bits per heavy atom. The van der Waals surface area contributed by atoms with Crippen LogP contribution in [0.5, 0.6) is 5.75 Å². The van der Waals surface area contributed by atoms with E-state index in [0.29, 0.717) is 11.4 Å². The van der Waals surface area contributed by atoms with Gasteiger partial charge in [-0.05, 0) is 36.6 Å². The Hall–Kier alpha value is -3.68. The SMILES string of the molecule is COc1cccc(NC(=O)COC(=O)C(CC(C)C)N2C(=O)c3ccccc3C2=O)c1. The van der Waals surface area contributed by atoms with Gasteiger partial charge in [0.25, 0.3) is 17.7 Å². The summed E-state index contributed by atoms with van der Waals surface area (Å²) >= 11 is 0. The highest BCUT2D eigenvalue weighted by atomic mass is 16.5. The summed E-state index contributed by atoms with van der Waals surface area (Å²) in [4.78, 5) is 51.5. The van der Waals surface area contributed by atoms with Crippen molar-refractivity contribution < 1.29 is 28.7 Å². The van der Waals surface area contributed by atoms with Crippen LogP contribution >= 0.6 is 0 Å². The van der Waals surface area contributed by atoms with Gasteiger partial charge in [-0.3, -0.25) is 19.3 Å². The predicted octanol–water partition coefficient (Wildman–Crippen LogP) is 2.89. The molecule has 8 nitrogen and oxygen atoms in total. The second-order valence-corrected chi connectivity index (χ2v) is 7.56. The van der Waals surface area contributed by atoms with E-state index < -0.39 is 36.3 Å². The van der Waals surface area contributed by atoms with Gasteiger partial charge >= 0.3 is 5.97 Å². The first-order valence-electron chi connectivity index (χ1n) is 9.89. The first kappa shape index (κ1) is 22.0. The van der Waals surface area contributed by atoms with Crippen LogP contribution < -0.4 is 10.1 Å². The number of rotatable bonds is 8. The molecule has 31 heavy (non-hydrogen) atoms. The van der Waals surface area contributed by atoms with Crippen molar-refractivity contribution in [2.75, 3.05) is 19.0 Å². The van der Waals surface area contributed by atoms with Crippen molar-refractivity contribution in [3.63, 3.8) is 0 Å². The largest absolute Gasteiger partial charge is 0.497 e. The zero-order chi connectivity index (χ0) is 22.5. The zero-order valence-electron chi connectivity index (χ0n) is 17.6. The molecular formula is C23H24N2O6. The molecule has 0 bridgehead atoms. The van der Waals surface area contributed by atoms with E-state index in [0.717, 1.165) is 4.90 Å². The Labute approximate surface area is 180 Å². The van der Waals surface area contributed by atoms with Gasteiger partial charge in [-0.25, -0.2) is 4.79 Å². The zero-order valence-corrected chi connectivity index (χ0v) is 17.6. The fraction of sp³-hybridized carbons (Fsp3) is 0.304. The molecular weight excluding hydrogens is 400 g/mol. The highest BCUT2D eigenvalue weighted by Crippen LogP contribution is 2.27. The number of hydrogen-bond donors (Lipinski definition) is 1. The van der Waals surface area contributed by atoms with Crippen LogP contribution in [0.25, 0.3) is 0 Å². The van der Waals surface area contributed by atoms with Crippen LogP contribution in [0.3, 0.4) is 0 Å². The highest BCUT2D eigenvalue weighted by molar-refractivity contribution is 6.22. The number of benzene rings is 2. The van der Waals surface area contributed by atoms with Crippen LogP contribution in [0.4, 0.5) is 5.69 Å². The minimum Gasteiger partial charge on any atom is -0.497 e. The van der Waals surface area contributed by atoms with E-state index in [2.05, 4.69) is 5.32 Å². The van der Waals surface area contributed by atoms with E-state index in [4.69, 9.17) is 9.47 Å². The summed E-state index contributed by atoms with van der Waals surface area (Å²) in [5.74, 6) is -1.85. The number of carbonyl (C=O) groups excluding carboxylic acids is 4. The van der Waals surface area contributed by atoms with E-state index in [-0.39, 0.29) is 23.5 Å². The Morgan fingerprint density at radius 2 is 1.65 bits per heavy atom. The van der Waals surface area contributed by atoms with Gasteiger partial charge in [-0.1, -0.05) is 32.0 Å². The number of esters is 1. The Kier molecular flexibility index (Phi) is 6.69. The summed E-state index contributed by atoms with van der Waals surface area (Å²) < 4.78 is 10.3. The lowest BCUT2D eigenvalue weighted by Gasteiger charge is -2.25. The summed E-state index contributed by atoms with van der Waals surface area (Å²) in [6.07, 6.45) is 0.224. The van der Waals surface area contributed by atoms with Gasteiger partial charge in [-0.15, -0.1) is 0 Å². The summed E-state index contributed by atoms with van der Waals surface area (Å²) in [5.41, 5.74) is 0.995. The van der Waals surface area contributed by atoms with Crippen molar-refractivity contribution in [2.24, 2.45) is 5.92 Å². The molecule has 1 atom stereocenters. The van der Waals surface area contributed by atoms with Crippen LogP contribution in [0, 0.1) is 5.92 Å². The monoisotopic (exact) mass is 424 g/mol. The summed E-state index contributed by atoms with van der Waals surface area (Å²) in [7, 11) is 1.51. The quantitative estimate of drug-likeness (QED) is 0.516. The minimum atomic E-state index is -1.11. The standard InChI is InChI=1S/C23H24N2O6/c1-14(2)11-19(25-21(27)17-9-4-5-10-18(17)22(25)28)23(29)31-13-20(26)24-15-7-6-8-16(12-15)30-3/h4-10,12,14,19H,11,13H2,1-3H3,(H,24,26). The molecule has 3 amide bonds. The molecule has 1 aliphatic heterocycles. The average molecular weight is 424 g/mol. The number of carbonyl (C=O) groups is 4. The lowest BCUT2D eigenvalue weighted by Crippen LogP contribution is -2.46. The third-order valence-corrected chi connectivity index (χ3v) is 4.80. The van der Waals surface area contributed by atoms with Crippen molar-refractivity contribution in [1.29, 1.82) is 0 Å². The molecule has 0 aromatic heterocycles. The van der Waals surface area contributed by atoms with Gasteiger partial charge in [0.05, 0.1) is 18.2 Å². The van der Waals surface area contributed by atoms with E-state index in [1.165, 1.54) is 7.11 Å². The third-order valence-electron chi connectivity index (χ3n) is 4.80. The molecule has 0 radical (unpaired) electrons. The van der Waals surface area contributed by atoms with Gasteiger partial charge in [0.15, 0.2) is 6.61 Å². The summed E-state index contributed by atoms with van der Waals surface area (Å²) in [6.45, 7) is 3.19. The maximum Gasteiger partial charge on any atom is 0.329 e. The number of nitrogens with one attached hydrogen (secondary N) is 1. The molecule has 1 unspecified atom stereocenters. The van der Waals surface area contributed by atoms with Gasteiger partial charge in [0.2, 0.25) is 0 Å². The number of ether oxygens (including phenoxy) is 2. The molecule has 0 fully saturated rings. The molecule has 2 aromatic carbocycles. The molecule has 2 aromatic rings. The maximum atomic E-state index is 12.8. The topological polar surface area (TPSA) is 102 Å². The second kappa shape index (κ2) is 9.42. The normalized spacial score (nSPS) is 13.7. The number of imide groups is 1. The number of amides is 3. The number of nitrogens with zero attached hydrogens (tertiary/aromatic N) is 1. The van der Waals surface area contributed by atoms with Gasteiger partial charge in [-0.2, -0.15) is 0 Å². The van der Waals surface area contributed by atoms with Crippen LogP contribution in [0.1, 0.15) is 41.0 Å². The summed E-state index contributed by atoms with van der Waals surface area (Å²) in [5, 5.41) is 2.61. The van der Waals surface area contributed by atoms with Gasteiger partial charge in [0.1, 0.15) is 11.8 Å². The van der Waals surface area contributed by atoms with Gasteiger partial charge in [0, 0.05) is 11.8 Å². The molecule has 0 saturated carbocycles. The van der Waals surface area contributed by atoms with Crippen molar-refractivity contribution in [1.82, 2.24) is 4.90 Å². The Morgan fingerprint density at radius 1 is 1.00 bits per heavy atom. The van der Waals surface area contributed by atoms with Crippen LogP contribution in [-0.2, 0) is 14.3 Å². The van der Waals surface area contributed by atoms with Crippen molar-refractivity contribution in [3.05, 3.63) is 59.7 Å². The molecule has 1 heterocycles. The molecule has 1 N–H and O–H groups in total. The summed E-state index contributed by atoms with van der Waals surface area (Å²) in [6, 6.07) is 12.0. The van der Waals surface area contributed by atoms with E-state index in [9.17, 15) is 19.2 Å². The van der Waals surface area contributed by atoms with Gasteiger partial charge < -0.3 is 14.8 Å². The molecule has 0 aliphatic carbocycles.